The molecule has 0 bridgehead atoms. The molecule has 0 aliphatic rings. The van der Waals surface area contributed by atoms with Crippen LogP contribution in [0, 0.1) is 5.92 Å². The number of nitrogens with two attached hydrogens (primary N) is 1. The maximum Gasteiger partial charge on any atom is 0.223 e. The number of hydrogen-bond donors (Lipinski definition) is 2. The second kappa shape index (κ2) is 5.13. The van der Waals surface area contributed by atoms with Gasteiger partial charge in [0.2, 0.25) is 5.91 Å². The molecule has 3 heteroatoms. The minimum Gasteiger partial charge on any atom is -0.354 e. The molecule has 0 aromatic carbocycles. The van der Waals surface area contributed by atoms with Crippen molar-refractivity contribution < 1.29 is 4.79 Å². The van der Waals surface area contributed by atoms with Gasteiger partial charge in [0, 0.05) is 12.0 Å². The van der Waals surface area contributed by atoms with Crippen LogP contribution in [0.3, 0.4) is 0 Å². The summed E-state index contributed by atoms with van der Waals surface area (Å²) in [6.45, 7) is 6.37. The SMILES string of the molecule is CC(C)NC(=O)C(C)CCN. The fraction of sp³-hybridized carbons (Fsp3) is 0.875. The zero-order valence-corrected chi connectivity index (χ0v) is 7.55. The lowest BCUT2D eigenvalue weighted by Gasteiger charge is -2.13. The summed E-state index contributed by atoms with van der Waals surface area (Å²) in [6, 6.07) is 0.225. The van der Waals surface area contributed by atoms with E-state index >= 15 is 0 Å². The Morgan fingerprint density at radius 3 is 2.36 bits per heavy atom. The van der Waals surface area contributed by atoms with Crippen LogP contribution in [-0.2, 0) is 4.79 Å². The number of carbonyl (C=O) groups is 1. The molecule has 0 radical (unpaired) electrons. The van der Waals surface area contributed by atoms with Crippen molar-refractivity contribution in [1.82, 2.24) is 5.32 Å². The van der Waals surface area contributed by atoms with Crippen molar-refractivity contribution in [2.75, 3.05) is 6.54 Å². The third kappa shape index (κ3) is 4.79. The summed E-state index contributed by atoms with van der Waals surface area (Å²) < 4.78 is 0. The Labute approximate surface area is 68.3 Å². The summed E-state index contributed by atoms with van der Waals surface area (Å²) in [6.07, 6.45) is 0.762. The van der Waals surface area contributed by atoms with E-state index in [1.165, 1.54) is 0 Å². The van der Waals surface area contributed by atoms with Gasteiger partial charge in [-0.2, -0.15) is 0 Å². The third-order valence-electron chi connectivity index (χ3n) is 1.48. The number of amides is 1. The van der Waals surface area contributed by atoms with E-state index in [0.717, 1.165) is 6.42 Å². The second-order valence-corrected chi connectivity index (χ2v) is 3.14. The van der Waals surface area contributed by atoms with Gasteiger partial charge in [-0.1, -0.05) is 6.92 Å². The van der Waals surface area contributed by atoms with Gasteiger partial charge in [-0.25, -0.2) is 0 Å². The molecule has 0 aromatic heterocycles. The predicted octanol–water partition coefficient (Wildman–Crippen LogP) is 0.496. The van der Waals surface area contributed by atoms with Crippen molar-refractivity contribution in [3.8, 4) is 0 Å². The van der Waals surface area contributed by atoms with Gasteiger partial charge in [0.15, 0.2) is 0 Å². The Morgan fingerprint density at radius 1 is 1.45 bits per heavy atom. The van der Waals surface area contributed by atoms with Crippen LogP contribution in [0.2, 0.25) is 0 Å². The van der Waals surface area contributed by atoms with Crippen molar-refractivity contribution >= 4 is 5.91 Å². The van der Waals surface area contributed by atoms with Crippen molar-refractivity contribution in [3.63, 3.8) is 0 Å². The van der Waals surface area contributed by atoms with E-state index in [1.54, 1.807) is 0 Å². The Hall–Kier alpha value is -0.570. The van der Waals surface area contributed by atoms with Crippen LogP contribution < -0.4 is 11.1 Å². The standard InChI is InChI=1S/C8H18N2O/c1-6(2)10-8(11)7(3)4-5-9/h6-7H,4-5,9H2,1-3H3,(H,10,11). The zero-order valence-electron chi connectivity index (χ0n) is 7.55. The van der Waals surface area contributed by atoms with E-state index < -0.39 is 0 Å². The first-order chi connectivity index (χ1) is 5.07. The normalized spacial score (nSPS) is 13.2. The molecule has 0 aliphatic heterocycles. The third-order valence-corrected chi connectivity index (χ3v) is 1.48. The smallest absolute Gasteiger partial charge is 0.223 e. The first-order valence-electron chi connectivity index (χ1n) is 4.08. The first-order valence-corrected chi connectivity index (χ1v) is 4.08. The van der Waals surface area contributed by atoms with Crippen LogP contribution in [0.25, 0.3) is 0 Å². The lowest BCUT2D eigenvalue weighted by Crippen LogP contribution is -2.35. The highest BCUT2D eigenvalue weighted by Gasteiger charge is 2.11. The molecule has 0 aliphatic carbocycles. The van der Waals surface area contributed by atoms with E-state index in [9.17, 15) is 4.79 Å². The molecule has 0 aromatic rings. The molecule has 1 amide bonds. The van der Waals surface area contributed by atoms with Gasteiger partial charge < -0.3 is 11.1 Å². The molecular weight excluding hydrogens is 140 g/mol. The summed E-state index contributed by atoms with van der Waals surface area (Å²) >= 11 is 0. The Balaban J connectivity index is 3.64. The van der Waals surface area contributed by atoms with Gasteiger partial charge >= 0.3 is 0 Å². The summed E-state index contributed by atoms with van der Waals surface area (Å²) in [4.78, 5) is 11.2. The van der Waals surface area contributed by atoms with Crippen LogP contribution in [0.5, 0.6) is 0 Å². The number of rotatable bonds is 4. The molecular formula is C8H18N2O. The van der Waals surface area contributed by atoms with Gasteiger partial charge in [-0.05, 0) is 26.8 Å². The fourth-order valence-corrected chi connectivity index (χ4v) is 0.808. The van der Waals surface area contributed by atoms with E-state index in [-0.39, 0.29) is 17.9 Å². The van der Waals surface area contributed by atoms with E-state index in [4.69, 9.17) is 5.73 Å². The van der Waals surface area contributed by atoms with Gasteiger partial charge in [0.1, 0.15) is 0 Å². The van der Waals surface area contributed by atoms with Gasteiger partial charge in [0.05, 0.1) is 0 Å². The minimum atomic E-state index is 0.0439. The van der Waals surface area contributed by atoms with Gasteiger partial charge in [-0.15, -0.1) is 0 Å². The average Bonchev–Trinajstić information content (AvgIpc) is 1.86. The highest BCUT2D eigenvalue weighted by molar-refractivity contribution is 5.78. The minimum absolute atomic E-state index is 0.0439. The van der Waals surface area contributed by atoms with Crippen LogP contribution in [0.4, 0.5) is 0 Å². The molecule has 1 unspecified atom stereocenters. The van der Waals surface area contributed by atoms with Gasteiger partial charge in [0.25, 0.3) is 0 Å². The number of hydrogen-bond acceptors (Lipinski definition) is 2. The molecule has 66 valence electrons. The molecule has 0 fully saturated rings. The van der Waals surface area contributed by atoms with Crippen LogP contribution in [0.1, 0.15) is 27.2 Å². The number of nitrogens with one attached hydrogen (secondary N) is 1. The van der Waals surface area contributed by atoms with E-state index in [0.29, 0.717) is 6.54 Å². The topological polar surface area (TPSA) is 55.1 Å². The molecule has 0 heterocycles. The van der Waals surface area contributed by atoms with Crippen LogP contribution in [-0.4, -0.2) is 18.5 Å². The molecule has 0 saturated heterocycles. The Bertz CT molecular complexity index is 123. The highest BCUT2D eigenvalue weighted by Crippen LogP contribution is 1.99. The van der Waals surface area contributed by atoms with Crippen molar-refractivity contribution in [2.24, 2.45) is 11.7 Å². The van der Waals surface area contributed by atoms with E-state index in [2.05, 4.69) is 5.32 Å². The Kier molecular flexibility index (Phi) is 4.86. The van der Waals surface area contributed by atoms with Gasteiger partial charge in [-0.3, -0.25) is 4.79 Å². The summed E-state index contributed by atoms with van der Waals surface area (Å²) in [7, 11) is 0. The lowest BCUT2D eigenvalue weighted by atomic mass is 10.1. The van der Waals surface area contributed by atoms with Crippen molar-refractivity contribution in [1.29, 1.82) is 0 Å². The highest BCUT2D eigenvalue weighted by atomic mass is 16.1. The quantitative estimate of drug-likeness (QED) is 0.626. The first kappa shape index (κ1) is 10.4. The lowest BCUT2D eigenvalue weighted by molar-refractivity contribution is -0.125. The maximum atomic E-state index is 11.2. The summed E-state index contributed by atoms with van der Waals surface area (Å²) in [5.41, 5.74) is 5.32. The molecule has 11 heavy (non-hydrogen) atoms. The molecule has 1 atom stereocenters. The molecule has 0 saturated carbocycles. The predicted molar refractivity (Wildman–Crippen MR) is 46.1 cm³/mol. The van der Waals surface area contributed by atoms with Crippen molar-refractivity contribution in [2.45, 2.75) is 33.2 Å². The largest absolute Gasteiger partial charge is 0.354 e. The molecule has 3 nitrogen and oxygen atoms in total. The van der Waals surface area contributed by atoms with Crippen LogP contribution >= 0.6 is 0 Å². The summed E-state index contributed by atoms with van der Waals surface area (Å²) in [5.74, 6) is 0.146. The summed E-state index contributed by atoms with van der Waals surface area (Å²) in [5, 5.41) is 2.83. The molecule has 0 rings (SSSR count). The van der Waals surface area contributed by atoms with Crippen LogP contribution in [0.15, 0.2) is 0 Å². The average molecular weight is 158 g/mol. The monoisotopic (exact) mass is 158 g/mol. The number of carbonyl (C=O) groups excluding carboxylic acids is 1. The maximum absolute atomic E-state index is 11.2. The zero-order chi connectivity index (χ0) is 8.85. The second-order valence-electron chi connectivity index (χ2n) is 3.14. The Morgan fingerprint density at radius 2 is 2.00 bits per heavy atom. The van der Waals surface area contributed by atoms with E-state index in [1.807, 2.05) is 20.8 Å². The fourth-order valence-electron chi connectivity index (χ4n) is 0.808. The van der Waals surface area contributed by atoms with Crippen molar-refractivity contribution in [3.05, 3.63) is 0 Å². The molecule has 0 spiro atoms. The molecule has 3 N–H and O–H groups in total.